The lowest BCUT2D eigenvalue weighted by Crippen LogP contribution is -2.27. The molecule has 1 aromatic rings. The molecule has 6 nitrogen and oxygen atoms in total. The van der Waals surface area contributed by atoms with E-state index >= 15 is 0 Å². The molecule has 0 radical (unpaired) electrons. The molecule has 0 aromatic heterocycles. The van der Waals surface area contributed by atoms with E-state index in [1.165, 1.54) is 0 Å². The van der Waals surface area contributed by atoms with Gasteiger partial charge in [-0.2, -0.15) is 8.42 Å². The van der Waals surface area contributed by atoms with Crippen molar-refractivity contribution in [2.75, 3.05) is 30.9 Å². The lowest BCUT2D eigenvalue weighted by molar-refractivity contribution is 0.328. The summed E-state index contributed by atoms with van der Waals surface area (Å²) >= 11 is 0. The molecule has 0 aliphatic rings. The molecule has 0 N–H and O–H groups in total. The molecule has 0 saturated carbocycles. The number of rotatable bonds is 7. The summed E-state index contributed by atoms with van der Waals surface area (Å²) < 4.78 is 26.4. The van der Waals surface area contributed by atoms with Crippen molar-refractivity contribution >= 4 is 21.5 Å². The van der Waals surface area contributed by atoms with Gasteiger partial charge in [-0.25, -0.2) is 0 Å². The normalized spacial score (nSPS) is 11.2. The van der Waals surface area contributed by atoms with E-state index in [0.717, 1.165) is 11.9 Å². The fourth-order valence-electron chi connectivity index (χ4n) is 1.49. The van der Waals surface area contributed by atoms with Crippen molar-refractivity contribution in [1.82, 2.24) is 0 Å². The second-order valence-electron chi connectivity index (χ2n) is 3.71. The zero-order valence-electron chi connectivity index (χ0n) is 10.4. The van der Waals surface area contributed by atoms with Crippen molar-refractivity contribution in [2.45, 2.75) is 6.92 Å². The Kier molecular flexibility index (Phi) is 5.24. The maximum atomic E-state index is 10.8. The Hall–Kier alpha value is -1.47. The van der Waals surface area contributed by atoms with Crippen LogP contribution in [0.4, 0.5) is 11.4 Å². The fourth-order valence-corrected chi connectivity index (χ4v) is 1.87. The van der Waals surface area contributed by atoms with Crippen LogP contribution in [0.3, 0.4) is 0 Å². The molecule has 0 bridgehead atoms. The van der Waals surface area contributed by atoms with Gasteiger partial charge in [-0.05, 0) is 36.4 Å². The molecule has 0 atom stereocenters. The first kappa shape index (κ1) is 14.6. The minimum atomic E-state index is -3.40. The van der Waals surface area contributed by atoms with Crippen molar-refractivity contribution in [3.8, 4) is 0 Å². The van der Waals surface area contributed by atoms with Crippen LogP contribution in [0.5, 0.6) is 0 Å². The predicted molar refractivity (Wildman–Crippen MR) is 70.6 cm³/mol. The summed E-state index contributed by atoms with van der Waals surface area (Å²) in [5, 5.41) is 2.82. The van der Waals surface area contributed by atoms with E-state index < -0.39 is 10.1 Å². The summed E-state index contributed by atoms with van der Waals surface area (Å²) in [5.74, 6) is 0. The number of hydrogen-bond donors (Lipinski definition) is 0. The quantitative estimate of drug-likeness (QED) is 0.559. The highest BCUT2D eigenvalue weighted by Crippen LogP contribution is 2.19. The lowest BCUT2D eigenvalue weighted by Gasteiger charge is -2.22. The number of anilines is 1. The van der Waals surface area contributed by atoms with E-state index in [1.807, 2.05) is 11.8 Å². The Bertz CT molecular complexity index is 484. The van der Waals surface area contributed by atoms with Crippen LogP contribution in [0.15, 0.2) is 29.4 Å². The minimum Gasteiger partial charge on any atom is -0.369 e. The van der Waals surface area contributed by atoms with Crippen molar-refractivity contribution < 1.29 is 12.6 Å². The Morgan fingerprint density at radius 3 is 2.33 bits per heavy atom. The second-order valence-corrected chi connectivity index (χ2v) is 5.36. The molecule has 0 aliphatic heterocycles. The van der Waals surface area contributed by atoms with E-state index in [9.17, 15) is 13.3 Å². The van der Waals surface area contributed by atoms with Crippen LogP contribution >= 0.6 is 0 Å². The highest BCUT2D eigenvalue weighted by Gasteiger charge is 2.07. The van der Waals surface area contributed by atoms with E-state index in [0.29, 0.717) is 18.8 Å². The number of likely N-dealkylation sites (N-methyl/N-ethyl adjacent to an activating group) is 1. The maximum Gasteiger partial charge on any atom is 0.264 e. The van der Waals surface area contributed by atoms with Crippen molar-refractivity contribution in [2.24, 2.45) is 5.18 Å². The van der Waals surface area contributed by atoms with Gasteiger partial charge in [0.25, 0.3) is 10.1 Å². The van der Waals surface area contributed by atoms with Crippen LogP contribution in [0.1, 0.15) is 6.92 Å². The van der Waals surface area contributed by atoms with Crippen LogP contribution in [-0.2, 0) is 14.3 Å². The van der Waals surface area contributed by atoms with E-state index in [4.69, 9.17) is 4.18 Å². The highest BCUT2D eigenvalue weighted by atomic mass is 32.2. The molecule has 0 heterocycles. The van der Waals surface area contributed by atoms with Gasteiger partial charge in [-0.15, -0.1) is 4.91 Å². The van der Waals surface area contributed by atoms with Crippen LogP contribution in [0, 0.1) is 4.91 Å². The number of benzene rings is 1. The Balaban J connectivity index is 2.62. The van der Waals surface area contributed by atoms with E-state index in [1.54, 1.807) is 24.3 Å². The molecule has 7 heteroatoms. The smallest absolute Gasteiger partial charge is 0.264 e. The third kappa shape index (κ3) is 4.80. The van der Waals surface area contributed by atoms with Crippen LogP contribution in [0.25, 0.3) is 0 Å². The van der Waals surface area contributed by atoms with Gasteiger partial charge in [-0.1, -0.05) is 0 Å². The average molecular weight is 272 g/mol. The number of nitroso groups, excluding NO2 is 1. The SMILES string of the molecule is CCN(CCOS(C)(=O)=O)c1ccc(N=O)cc1. The Labute approximate surface area is 107 Å². The van der Waals surface area contributed by atoms with Gasteiger partial charge in [0, 0.05) is 18.8 Å². The molecule has 1 rings (SSSR count). The fraction of sp³-hybridized carbons (Fsp3) is 0.455. The zero-order chi connectivity index (χ0) is 13.6. The van der Waals surface area contributed by atoms with Gasteiger partial charge in [0.05, 0.1) is 12.9 Å². The molecule has 0 fully saturated rings. The largest absolute Gasteiger partial charge is 0.369 e. The number of hydrogen-bond acceptors (Lipinski definition) is 6. The maximum absolute atomic E-state index is 10.8. The van der Waals surface area contributed by atoms with Gasteiger partial charge >= 0.3 is 0 Å². The van der Waals surface area contributed by atoms with Crippen LogP contribution < -0.4 is 4.90 Å². The lowest BCUT2D eigenvalue weighted by atomic mass is 10.2. The molecule has 100 valence electrons. The summed E-state index contributed by atoms with van der Waals surface area (Å²) in [5.41, 5.74) is 1.25. The second kappa shape index (κ2) is 6.46. The Morgan fingerprint density at radius 2 is 1.89 bits per heavy atom. The zero-order valence-corrected chi connectivity index (χ0v) is 11.2. The minimum absolute atomic E-state index is 0.0976. The first-order chi connectivity index (χ1) is 8.46. The van der Waals surface area contributed by atoms with Crippen molar-refractivity contribution in [3.05, 3.63) is 29.2 Å². The average Bonchev–Trinajstić information content (AvgIpc) is 2.34. The molecular weight excluding hydrogens is 256 g/mol. The highest BCUT2D eigenvalue weighted by molar-refractivity contribution is 7.85. The van der Waals surface area contributed by atoms with Crippen LogP contribution in [0.2, 0.25) is 0 Å². The summed E-state index contributed by atoms with van der Waals surface area (Å²) in [7, 11) is -3.40. The van der Waals surface area contributed by atoms with E-state index in [-0.39, 0.29) is 6.61 Å². The van der Waals surface area contributed by atoms with Crippen molar-refractivity contribution in [1.29, 1.82) is 0 Å². The summed E-state index contributed by atoms with van der Waals surface area (Å²) in [4.78, 5) is 12.2. The van der Waals surface area contributed by atoms with Gasteiger partial charge in [-0.3, -0.25) is 4.18 Å². The third-order valence-electron chi connectivity index (χ3n) is 2.36. The molecule has 0 unspecified atom stereocenters. The standard InChI is InChI=1S/C11H16N2O4S/c1-3-13(8-9-17-18(2,15)16)11-6-4-10(12-14)5-7-11/h4-7H,3,8-9H2,1-2H3. The van der Waals surface area contributed by atoms with E-state index in [2.05, 4.69) is 5.18 Å². The molecule has 18 heavy (non-hydrogen) atoms. The Morgan fingerprint density at radius 1 is 1.28 bits per heavy atom. The molecule has 1 aromatic carbocycles. The van der Waals surface area contributed by atoms with Gasteiger partial charge in [0.2, 0.25) is 0 Å². The number of nitrogens with zero attached hydrogens (tertiary/aromatic N) is 2. The molecule has 0 spiro atoms. The molecule has 0 amide bonds. The summed E-state index contributed by atoms with van der Waals surface area (Å²) in [6, 6.07) is 6.76. The van der Waals surface area contributed by atoms with Gasteiger partial charge < -0.3 is 4.90 Å². The third-order valence-corrected chi connectivity index (χ3v) is 2.96. The van der Waals surface area contributed by atoms with Crippen LogP contribution in [-0.4, -0.2) is 34.4 Å². The first-order valence-corrected chi connectivity index (χ1v) is 7.30. The monoisotopic (exact) mass is 272 g/mol. The molecule has 0 aliphatic carbocycles. The first-order valence-electron chi connectivity index (χ1n) is 5.49. The van der Waals surface area contributed by atoms with Gasteiger partial charge in [0.1, 0.15) is 5.69 Å². The summed E-state index contributed by atoms with van der Waals surface area (Å²) in [6.45, 7) is 3.21. The van der Waals surface area contributed by atoms with Crippen molar-refractivity contribution in [3.63, 3.8) is 0 Å². The summed E-state index contributed by atoms with van der Waals surface area (Å²) in [6.07, 6.45) is 1.02. The predicted octanol–water partition coefficient (Wildman–Crippen LogP) is 1.89. The molecular formula is C11H16N2O4S. The molecule has 0 saturated heterocycles. The topological polar surface area (TPSA) is 76.0 Å². The van der Waals surface area contributed by atoms with Gasteiger partial charge in [0.15, 0.2) is 0 Å².